The van der Waals surface area contributed by atoms with E-state index < -0.39 is 0 Å². The van der Waals surface area contributed by atoms with Gasteiger partial charge in [-0.15, -0.1) is 0 Å². The van der Waals surface area contributed by atoms with E-state index in [2.05, 4.69) is 17.4 Å². The molecule has 1 heterocycles. The van der Waals surface area contributed by atoms with Gasteiger partial charge in [-0.05, 0) is 43.3 Å². The third kappa shape index (κ3) is 4.40. The molecule has 0 atom stereocenters. The van der Waals surface area contributed by atoms with Crippen LogP contribution in [0.4, 0.5) is 0 Å². The van der Waals surface area contributed by atoms with Gasteiger partial charge in [-0.25, -0.2) is 0 Å². The highest BCUT2D eigenvalue weighted by Crippen LogP contribution is 2.16. The van der Waals surface area contributed by atoms with Crippen LogP contribution in [0.2, 0.25) is 0 Å². The van der Waals surface area contributed by atoms with Gasteiger partial charge in [0, 0.05) is 7.11 Å². The van der Waals surface area contributed by atoms with Gasteiger partial charge in [0.25, 0.3) is 0 Å². The predicted molar refractivity (Wildman–Crippen MR) is 77.8 cm³/mol. The van der Waals surface area contributed by atoms with Crippen molar-refractivity contribution in [2.45, 2.75) is 19.6 Å². The zero-order valence-corrected chi connectivity index (χ0v) is 12.0. The van der Waals surface area contributed by atoms with Crippen molar-refractivity contribution in [3.8, 4) is 5.75 Å². The fraction of sp³-hybridized carbons (Fsp3) is 0.375. The Hall–Kier alpha value is -1.78. The summed E-state index contributed by atoms with van der Waals surface area (Å²) >= 11 is 0. The second-order valence-corrected chi connectivity index (χ2v) is 4.57. The Morgan fingerprint density at radius 1 is 1.05 bits per heavy atom. The summed E-state index contributed by atoms with van der Waals surface area (Å²) in [5.41, 5.74) is 1.24. The van der Waals surface area contributed by atoms with Gasteiger partial charge in [-0.2, -0.15) is 0 Å². The van der Waals surface area contributed by atoms with Crippen LogP contribution < -0.4 is 10.1 Å². The van der Waals surface area contributed by atoms with Crippen molar-refractivity contribution in [1.29, 1.82) is 0 Å². The molecule has 0 aliphatic carbocycles. The molecule has 4 heteroatoms. The molecule has 0 unspecified atom stereocenters. The minimum Gasteiger partial charge on any atom is -0.486 e. The first-order valence-electron chi connectivity index (χ1n) is 6.74. The van der Waals surface area contributed by atoms with Crippen molar-refractivity contribution in [3.63, 3.8) is 0 Å². The van der Waals surface area contributed by atoms with Crippen LogP contribution in [0, 0.1) is 0 Å². The molecule has 0 radical (unpaired) electrons. The Balaban J connectivity index is 1.83. The second kappa shape index (κ2) is 7.72. The normalized spacial score (nSPS) is 10.7. The zero-order chi connectivity index (χ0) is 14.2. The van der Waals surface area contributed by atoms with Gasteiger partial charge < -0.3 is 19.2 Å². The largest absolute Gasteiger partial charge is 0.486 e. The number of nitrogens with one attached hydrogen (secondary N) is 1. The number of hydrogen-bond acceptors (Lipinski definition) is 4. The van der Waals surface area contributed by atoms with E-state index in [1.165, 1.54) is 5.56 Å². The van der Waals surface area contributed by atoms with Crippen LogP contribution in [0.3, 0.4) is 0 Å². The summed E-state index contributed by atoms with van der Waals surface area (Å²) < 4.78 is 16.4. The minimum absolute atomic E-state index is 0.446. The molecule has 0 saturated heterocycles. The van der Waals surface area contributed by atoms with Crippen molar-refractivity contribution in [3.05, 3.63) is 53.5 Å². The molecule has 1 aromatic heterocycles. The van der Waals surface area contributed by atoms with E-state index >= 15 is 0 Å². The average Bonchev–Trinajstić information content (AvgIpc) is 2.92. The molecule has 20 heavy (non-hydrogen) atoms. The highest BCUT2D eigenvalue weighted by Gasteiger charge is 2.02. The lowest BCUT2D eigenvalue weighted by molar-refractivity contribution is 0.202. The van der Waals surface area contributed by atoms with Crippen molar-refractivity contribution in [2.75, 3.05) is 20.8 Å². The number of furan rings is 1. The standard InChI is InChI=1S/C16H21NO3/c1-17-11-15-7-8-16(20-15)12-19-14-5-3-13(4-6-14)9-10-18-2/h3-8,17H,9-12H2,1-2H3. The third-order valence-corrected chi connectivity index (χ3v) is 2.97. The maximum absolute atomic E-state index is 5.70. The van der Waals surface area contributed by atoms with Gasteiger partial charge in [-0.1, -0.05) is 12.1 Å². The van der Waals surface area contributed by atoms with Gasteiger partial charge in [0.15, 0.2) is 0 Å². The Bertz CT molecular complexity index is 505. The number of rotatable bonds is 8. The first kappa shape index (κ1) is 14.6. The molecule has 1 N–H and O–H groups in total. The average molecular weight is 275 g/mol. The van der Waals surface area contributed by atoms with Crippen molar-refractivity contribution in [1.82, 2.24) is 5.32 Å². The van der Waals surface area contributed by atoms with Crippen LogP contribution in [0.1, 0.15) is 17.1 Å². The summed E-state index contributed by atoms with van der Waals surface area (Å²) in [5, 5.41) is 3.05. The number of benzene rings is 1. The molecule has 0 aliphatic rings. The molecule has 108 valence electrons. The summed E-state index contributed by atoms with van der Waals surface area (Å²) in [6, 6.07) is 12.0. The summed E-state index contributed by atoms with van der Waals surface area (Å²) in [6.45, 7) is 1.91. The third-order valence-electron chi connectivity index (χ3n) is 2.97. The van der Waals surface area contributed by atoms with E-state index in [-0.39, 0.29) is 0 Å². The van der Waals surface area contributed by atoms with Gasteiger partial charge in [0.2, 0.25) is 0 Å². The molecule has 0 amide bonds. The first-order chi connectivity index (χ1) is 9.81. The molecule has 0 fully saturated rings. The molecule has 2 aromatic rings. The second-order valence-electron chi connectivity index (χ2n) is 4.57. The van der Waals surface area contributed by atoms with E-state index in [1.54, 1.807) is 7.11 Å². The zero-order valence-electron chi connectivity index (χ0n) is 12.0. The van der Waals surface area contributed by atoms with Crippen LogP contribution >= 0.6 is 0 Å². The Labute approximate surface area is 119 Å². The lowest BCUT2D eigenvalue weighted by Crippen LogP contribution is -2.03. The summed E-state index contributed by atoms with van der Waals surface area (Å²) in [4.78, 5) is 0. The van der Waals surface area contributed by atoms with Crippen molar-refractivity contribution < 1.29 is 13.9 Å². The highest BCUT2D eigenvalue weighted by molar-refractivity contribution is 5.27. The molecule has 0 spiro atoms. The summed E-state index contributed by atoms with van der Waals surface area (Å²) in [5.74, 6) is 2.59. The van der Waals surface area contributed by atoms with Crippen molar-refractivity contribution >= 4 is 0 Å². The van der Waals surface area contributed by atoms with Gasteiger partial charge in [-0.3, -0.25) is 0 Å². The van der Waals surface area contributed by atoms with Crippen LogP contribution in [0.5, 0.6) is 5.75 Å². The highest BCUT2D eigenvalue weighted by atomic mass is 16.5. The molecular weight excluding hydrogens is 254 g/mol. The molecular formula is C16H21NO3. The quantitative estimate of drug-likeness (QED) is 0.804. The SMILES string of the molecule is CNCc1ccc(COc2ccc(CCOC)cc2)o1. The first-order valence-corrected chi connectivity index (χ1v) is 6.74. The number of methoxy groups -OCH3 is 1. The Morgan fingerprint density at radius 2 is 1.80 bits per heavy atom. The number of hydrogen-bond donors (Lipinski definition) is 1. The Kier molecular flexibility index (Phi) is 5.65. The monoisotopic (exact) mass is 275 g/mol. The smallest absolute Gasteiger partial charge is 0.146 e. The van der Waals surface area contributed by atoms with Crippen LogP contribution in [0.15, 0.2) is 40.8 Å². The van der Waals surface area contributed by atoms with E-state index in [1.807, 2.05) is 31.3 Å². The number of ether oxygens (including phenoxy) is 2. The van der Waals surface area contributed by atoms with Gasteiger partial charge in [0.1, 0.15) is 23.9 Å². The maximum Gasteiger partial charge on any atom is 0.146 e. The van der Waals surface area contributed by atoms with Crippen LogP contribution in [-0.2, 0) is 24.3 Å². The lowest BCUT2D eigenvalue weighted by Gasteiger charge is -2.06. The van der Waals surface area contributed by atoms with Gasteiger partial charge in [0.05, 0.1) is 13.2 Å². The van der Waals surface area contributed by atoms with E-state index in [0.717, 1.165) is 36.8 Å². The molecule has 0 saturated carbocycles. The van der Waals surface area contributed by atoms with E-state index in [9.17, 15) is 0 Å². The summed E-state index contributed by atoms with van der Waals surface area (Å²) in [7, 11) is 3.60. The topological polar surface area (TPSA) is 43.6 Å². The predicted octanol–water partition coefficient (Wildman–Crippen LogP) is 2.77. The summed E-state index contributed by atoms with van der Waals surface area (Å²) in [6.07, 6.45) is 0.919. The lowest BCUT2D eigenvalue weighted by atomic mass is 10.1. The minimum atomic E-state index is 0.446. The van der Waals surface area contributed by atoms with Crippen LogP contribution in [0.25, 0.3) is 0 Å². The van der Waals surface area contributed by atoms with Crippen molar-refractivity contribution in [2.24, 2.45) is 0 Å². The fourth-order valence-electron chi connectivity index (χ4n) is 1.90. The molecule has 0 aliphatic heterocycles. The molecule has 4 nitrogen and oxygen atoms in total. The molecule has 1 aromatic carbocycles. The van der Waals surface area contributed by atoms with Gasteiger partial charge >= 0.3 is 0 Å². The molecule has 2 rings (SSSR count). The Morgan fingerprint density at radius 3 is 2.50 bits per heavy atom. The van der Waals surface area contributed by atoms with Crippen LogP contribution in [-0.4, -0.2) is 20.8 Å². The van der Waals surface area contributed by atoms with E-state index in [0.29, 0.717) is 6.61 Å². The maximum atomic E-state index is 5.70. The fourth-order valence-corrected chi connectivity index (χ4v) is 1.90. The van der Waals surface area contributed by atoms with E-state index in [4.69, 9.17) is 13.9 Å². The molecule has 0 bridgehead atoms.